The molecule has 0 aliphatic carbocycles. The van der Waals surface area contributed by atoms with Crippen LogP contribution in [0.5, 0.6) is 5.75 Å². The fraction of sp³-hybridized carbons (Fsp3) is 0.308. The van der Waals surface area contributed by atoms with E-state index in [1.54, 1.807) is 0 Å². The zero-order chi connectivity index (χ0) is 13.1. The van der Waals surface area contributed by atoms with Crippen LogP contribution in [0.3, 0.4) is 0 Å². The van der Waals surface area contributed by atoms with Crippen molar-refractivity contribution >= 4 is 0 Å². The van der Waals surface area contributed by atoms with Crippen molar-refractivity contribution in [3.05, 3.63) is 40.3 Å². The van der Waals surface area contributed by atoms with Crippen LogP contribution in [-0.4, -0.2) is 13.2 Å². The van der Waals surface area contributed by atoms with Crippen LogP contribution >= 0.6 is 0 Å². The molecule has 0 spiro atoms. The van der Waals surface area contributed by atoms with E-state index in [4.69, 9.17) is 15.5 Å². The maximum Gasteiger partial charge on any atom is 0.119 e. The molecule has 0 heterocycles. The van der Waals surface area contributed by atoms with E-state index in [2.05, 4.69) is 21.9 Å². The number of benzene rings is 1. The Balaban J connectivity index is 2.44. The Morgan fingerprint density at radius 3 is 2.72 bits per heavy atom. The molecule has 0 unspecified atom stereocenters. The highest BCUT2D eigenvalue weighted by Crippen LogP contribution is 2.11. The molecule has 1 aromatic carbocycles. The fourth-order valence-electron chi connectivity index (χ4n) is 1.16. The molecule has 0 fully saturated rings. The van der Waals surface area contributed by atoms with Crippen molar-refractivity contribution in [1.82, 2.24) is 0 Å². The lowest BCUT2D eigenvalue weighted by Gasteiger charge is -2.02. The lowest BCUT2D eigenvalue weighted by atomic mass is 10.2. The second-order valence-corrected chi connectivity index (χ2v) is 3.29. The normalized spacial score (nSPS) is 8.39. The zero-order valence-electron chi connectivity index (χ0n) is 9.83. The van der Waals surface area contributed by atoms with E-state index in [-0.39, 0.29) is 0 Å². The maximum absolute atomic E-state index is 8.37. The van der Waals surface area contributed by atoms with E-state index in [1.807, 2.05) is 30.3 Å². The topological polar surface area (TPSA) is 81.8 Å². The van der Waals surface area contributed by atoms with Gasteiger partial charge in [0.25, 0.3) is 0 Å². The van der Waals surface area contributed by atoms with Crippen molar-refractivity contribution in [3.63, 3.8) is 0 Å². The predicted octanol–water partition coefficient (Wildman–Crippen LogP) is 3.03. The number of azide groups is 1. The smallest absolute Gasteiger partial charge is 0.119 e. The molecule has 0 atom stereocenters. The molecule has 18 heavy (non-hydrogen) atoms. The molecule has 0 radical (unpaired) electrons. The molecular weight excluding hydrogens is 228 g/mol. The van der Waals surface area contributed by atoms with E-state index >= 15 is 0 Å². The van der Waals surface area contributed by atoms with Gasteiger partial charge < -0.3 is 4.74 Å². The van der Waals surface area contributed by atoms with Gasteiger partial charge in [-0.3, -0.25) is 0 Å². The Morgan fingerprint density at radius 1 is 1.28 bits per heavy atom. The molecule has 5 nitrogen and oxygen atoms in total. The van der Waals surface area contributed by atoms with Gasteiger partial charge in [0.05, 0.1) is 12.5 Å². The summed E-state index contributed by atoms with van der Waals surface area (Å²) in [4.78, 5) is 2.65. The van der Waals surface area contributed by atoms with E-state index in [9.17, 15) is 0 Å². The third-order valence-corrected chi connectivity index (χ3v) is 1.97. The minimum Gasteiger partial charge on any atom is -0.493 e. The van der Waals surface area contributed by atoms with Crippen molar-refractivity contribution < 1.29 is 4.74 Å². The van der Waals surface area contributed by atoms with Gasteiger partial charge in [-0.2, -0.15) is 5.26 Å². The van der Waals surface area contributed by atoms with Gasteiger partial charge in [-0.15, -0.1) is 0 Å². The molecule has 0 aliphatic rings. The Hall–Kier alpha value is -2.62. The van der Waals surface area contributed by atoms with Crippen LogP contribution in [0.4, 0.5) is 0 Å². The predicted molar refractivity (Wildman–Crippen MR) is 67.7 cm³/mol. The first kappa shape index (κ1) is 13.4. The van der Waals surface area contributed by atoms with Gasteiger partial charge in [0, 0.05) is 23.4 Å². The van der Waals surface area contributed by atoms with E-state index < -0.39 is 0 Å². The van der Waals surface area contributed by atoms with Crippen LogP contribution < -0.4 is 4.74 Å². The average molecular weight is 240 g/mol. The van der Waals surface area contributed by atoms with Gasteiger partial charge in [0.2, 0.25) is 0 Å². The van der Waals surface area contributed by atoms with Gasteiger partial charge >= 0.3 is 0 Å². The number of hydrogen-bond donors (Lipinski definition) is 0. The molecule has 0 saturated heterocycles. The molecule has 0 aromatic heterocycles. The van der Waals surface area contributed by atoms with Crippen LogP contribution in [0, 0.1) is 23.2 Å². The summed E-state index contributed by atoms with van der Waals surface area (Å²) in [5.41, 5.74) is 8.96. The van der Waals surface area contributed by atoms with E-state index in [0.29, 0.717) is 26.0 Å². The lowest BCUT2D eigenvalue weighted by Crippen LogP contribution is -1.95. The first-order valence-electron chi connectivity index (χ1n) is 5.46. The summed E-state index contributed by atoms with van der Waals surface area (Å²) in [7, 11) is 0. The lowest BCUT2D eigenvalue weighted by molar-refractivity contribution is 0.326. The molecule has 1 rings (SSSR count). The minimum atomic E-state index is 0.376. The van der Waals surface area contributed by atoms with Gasteiger partial charge in [0.1, 0.15) is 12.4 Å². The summed E-state index contributed by atoms with van der Waals surface area (Å²) in [5, 5.41) is 11.8. The second-order valence-electron chi connectivity index (χ2n) is 3.29. The van der Waals surface area contributed by atoms with Crippen LogP contribution in [-0.2, 0) is 0 Å². The van der Waals surface area contributed by atoms with E-state index in [1.165, 1.54) is 0 Å². The van der Waals surface area contributed by atoms with Crippen molar-refractivity contribution in [3.8, 4) is 23.7 Å². The molecule has 0 N–H and O–H groups in total. The number of nitrogens with zero attached hydrogens (tertiary/aromatic N) is 4. The largest absolute Gasteiger partial charge is 0.493 e. The molecule has 0 bridgehead atoms. The summed E-state index contributed by atoms with van der Waals surface area (Å²) < 4.78 is 5.33. The third kappa shape index (κ3) is 5.46. The number of nitriles is 1. The Labute approximate surface area is 106 Å². The Kier molecular flexibility index (Phi) is 6.37. The molecule has 0 aliphatic heterocycles. The van der Waals surface area contributed by atoms with Crippen LogP contribution in [0.15, 0.2) is 29.4 Å². The standard InChI is InChI=1S/C13H12N4O/c14-9-3-11-18-13-7-5-12(6-8-13)4-1-2-10-16-17-15/h5-8H,2-3,10-11H2. The van der Waals surface area contributed by atoms with Gasteiger partial charge in [-0.25, -0.2) is 0 Å². The maximum atomic E-state index is 8.37. The summed E-state index contributed by atoms with van der Waals surface area (Å²) in [6, 6.07) is 9.34. The van der Waals surface area contributed by atoms with Gasteiger partial charge in [-0.1, -0.05) is 17.0 Å². The Bertz CT molecular complexity index is 513. The number of hydrogen-bond acceptors (Lipinski definition) is 3. The Morgan fingerprint density at radius 2 is 2.06 bits per heavy atom. The summed E-state index contributed by atoms with van der Waals surface area (Å²) in [6.45, 7) is 0.784. The van der Waals surface area contributed by atoms with Gasteiger partial charge in [-0.05, 0) is 29.8 Å². The molecule has 90 valence electrons. The first-order chi connectivity index (χ1) is 8.86. The quantitative estimate of drug-likeness (QED) is 0.260. The summed E-state index contributed by atoms with van der Waals surface area (Å²) in [6.07, 6.45) is 0.922. The highest BCUT2D eigenvalue weighted by atomic mass is 16.5. The monoisotopic (exact) mass is 240 g/mol. The molecule has 1 aromatic rings. The molecule has 0 saturated carbocycles. The number of rotatable bonds is 5. The first-order valence-corrected chi connectivity index (χ1v) is 5.46. The average Bonchev–Trinajstić information content (AvgIpc) is 2.40. The minimum absolute atomic E-state index is 0.376. The van der Waals surface area contributed by atoms with Crippen molar-refractivity contribution in [2.24, 2.45) is 5.11 Å². The summed E-state index contributed by atoms with van der Waals surface area (Å²) in [5.74, 6) is 6.59. The highest BCUT2D eigenvalue weighted by molar-refractivity contribution is 5.38. The van der Waals surface area contributed by atoms with Crippen molar-refractivity contribution in [1.29, 1.82) is 5.26 Å². The number of ether oxygens (including phenoxy) is 1. The fourth-order valence-corrected chi connectivity index (χ4v) is 1.16. The summed E-state index contributed by atoms with van der Waals surface area (Å²) >= 11 is 0. The van der Waals surface area contributed by atoms with Crippen molar-refractivity contribution in [2.45, 2.75) is 12.8 Å². The van der Waals surface area contributed by atoms with E-state index in [0.717, 1.165) is 11.3 Å². The second kappa shape index (κ2) is 8.52. The SMILES string of the molecule is N#CCCOc1ccc(C#CCCN=[N+]=[N-])cc1. The van der Waals surface area contributed by atoms with Crippen LogP contribution in [0.25, 0.3) is 10.4 Å². The van der Waals surface area contributed by atoms with Crippen LogP contribution in [0.2, 0.25) is 0 Å². The van der Waals surface area contributed by atoms with Crippen LogP contribution in [0.1, 0.15) is 18.4 Å². The highest BCUT2D eigenvalue weighted by Gasteiger charge is 1.92. The molecule has 0 amide bonds. The van der Waals surface area contributed by atoms with Crippen molar-refractivity contribution in [2.75, 3.05) is 13.2 Å². The van der Waals surface area contributed by atoms with Gasteiger partial charge in [0.15, 0.2) is 0 Å². The zero-order valence-corrected chi connectivity index (χ0v) is 9.83. The molecule has 5 heteroatoms. The molecular formula is C13H12N4O. The third-order valence-electron chi connectivity index (χ3n) is 1.97.